The maximum Gasteiger partial charge on any atom is 0.144 e. The molecule has 4 heteroatoms. The highest BCUT2D eigenvalue weighted by Gasteiger charge is 2.11. The summed E-state index contributed by atoms with van der Waals surface area (Å²) < 4.78 is 1.58. The first-order valence-corrected chi connectivity index (χ1v) is 6.27. The molecule has 0 saturated heterocycles. The molecule has 3 N–H and O–H groups in total. The average Bonchev–Trinajstić information content (AvgIpc) is 2.78. The van der Waals surface area contributed by atoms with E-state index in [9.17, 15) is 5.11 Å². The second-order valence-corrected chi connectivity index (χ2v) is 4.74. The summed E-state index contributed by atoms with van der Waals surface area (Å²) in [4.78, 5) is 0. The number of pyridine rings is 1. The maximum atomic E-state index is 10.1. The summed E-state index contributed by atoms with van der Waals surface area (Å²) >= 11 is 0. The van der Waals surface area contributed by atoms with Crippen LogP contribution in [0, 0.1) is 0 Å². The van der Waals surface area contributed by atoms with Crippen LogP contribution in [0.1, 0.15) is 32.8 Å². The van der Waals surface area contributed by atoms with Crippen LogP contribution in [0.5, 0.6) is 5.75 Å². The van der Waals surface area contributed by atoms with Gasteiger partial charge in [0.05, 0.1) is 11.9 Å². The summed E-state index contributed by atoms with van der Waals surface area (Å²) in [5, 5.41) is 14.2. The fourth-order valence-electron chi connectivity index (χ4n) is 2.03. The second-order valence-electron chi connectivity index (χ2n) is 4.74. The minimum atomic E-state index is 0.121. The third-order valence-electron chi connectivity index (χ3n) is 3.59. The van der Waals surface area contributed by atoms with Gasteiger partial charge in [0.2, 0.25) is 0 Å². The second kappa shape index (κ2) is 4.80. The van der Waals surface area contributed by atoms with Crippen molar-refractivity contribution >= 4 is 16.8 Å². The SMILES string of the molecule is C=C(/C(C)=C(\C)CC)c1cc(O)c2c(N)cnn2c1. The Bertz CT molecular complexity index is 680. The van der Waals surface area contributed by atoms with Crippen molar-refractivity contribution in [2.45, 2.75) is 27.2 Å². The Balaban J connectivity index is 2.56. The van der Waals surface area contributed by atoms with E-state index < -0.39 is 0 Å². The van der Waals surface area contributed by atoms with Gasteiger partial charge < -0.3 is 10.8 Å². The van der Waals surface area contributed by atoms with Gasteiger partial charge in [0, 0.05) is 11.8 Å². The third-order valence-corrected chi connectivity index (χ3v) is 3.59. The molecule has 0 aliphatic heterocycles. The van der Waals surface area contributed by atoms with Gasteiger partial charge in [-0.25, -0.2) is 4.52 Å². The van der Waals surface area contributed by atoms with Crippen LogP contribution < -0.4 is 5.73 Å². The molecule has 0 radical (unpaired) electrons. The maximum absolute atomic E-state index is 10.1. The molecule has 2 aromatic heterocycles. The topological polar surface area (TPSA) is 63.5 Å². The molecule has 0 bridgehead atoms. The number of fused-ring (bicyclic) bond motifs is 1. The van der Waals surface area contributed by atoms with Crippen molar-refractivity contribution in [3.05, 3.63) is 41.7 Å². The lowest BCUT2D eigenvalue weighted by molar-refractivity contribution is 0.478. The largest absolute Gasteiger partial charge is 0.506 e. The zero-order chi connectivity index (χ0) is 14.2. The molecule has 0 aliphatic carbocycles. The normalized spacial score (nSPS) is 12.6. The molecule has 100 valence electrons. The first-order valence-electron chi connectivity index (χ1n) is 6.27. The van der Waals surface area contributed by atoms with Crippen molar-refractivity contribution in [2.24, 2.45) is 0 Å². The van der Waals surface area contributed by atoms with Gasteiger partial charge in [0.15, 0.2) is 0 Å². The van der Waals surface area contributed by atoms with Crippen LogP contribution in [0.2, 0.25) is 0 Å². The van der Waals surface area contributed by atoms with Gasteiger partial charge in [-0.05, 0) is 37.5 Å². The number of nitrogens with zero attached hydrogens (tertiary/aromatic N) is 2. The number of hydrogen-bond acceptors (Lipinski definition) is 3. The Hall–Kier alpha value is -2.23. The van der Waals surface area contributed by atoms with Crippen LogP contribution in [0.15, 0.2) is 36.2 Å². The van der Waals surface area contributed by atoms with E-state index in [2.05, 4.69) is 25.5 Å². The third kappa shape index (κ3) is 2.21. The van der Waals surface area contributed by atoms with E-state index in [1.54, 1.807) is 10.6 Å². The molecule has 0 fully saturated rings. The van der Waals surface area contributed by atoms with Crippen LogP contribution in [-0.2, 0) is 0 Å². The van der Waals surface area contributed by atoms with Gasteiger partial charge in [-0.3, -0.25) is 0 Å². The Morgan fingerprint density at radius 2 is 2.16 bits per heavy atom. The van der Waals surface area contributed by atoms with Gasteiger partial charge in [-0.2, -0.15) is 5.10 Å². The quantitative estimate of drug-likeness (QED) is 0.828. The van der Waals surface area contributed by atoms with Gasteiger partial charge in [0.1, 0.15) is 11.3 Å². The summed E-state index contributed by atoms with van der Waals surface area (Å²) in [6.45, 7) is 10.3. The van der Waals surface area contributed by atoms with Gasteiger partial charge in [-0.1, -0.05) is 19.1 Å². The minimum Gasteiger partial charge on any atom is -0.506 e. The lowest BCUT2D eigenvalue weighted by Crippen LogP contribution is -1.95. The molecular weight excluding hydrogens is 238 g/mol. The number of nitrogens with two attached hydrogens (primary N) is 1. The molecule has 2 rings (SSSR count). The number of nitrogen functional groups attached to an aromatic ring is 1. The molecule has 4 nitrogen and oxygen atoms in total. The monoisotopic (exact) mass is 257 g/mol. The highest BCUT2D eigenvalue weighted by molar-refractivity contribution is 5.82. The lowest BCUT2D eigenvalue weighted by atomic mass is 9.97. The van der Waals surface area contributed by atoms with Crippen LogP contribution in [0.4, 0.5) is 5.69 Å². The van der Waals surface area contributed by atoms with Crippen molar-refractivity contribution in [1.29, 1.82) is 0 Å². The Labute approximate surface area is 112 Å². The van der Waals surface area contributed by atoms with E-state index in [1.807, 2.05) is 13.1 Å². The van der Waals surface area contributed by atoms with Crippen molar-refractivity contribution in [2.75, 3.05) is 5.73 Å². The lowest BCUT2D eigenvalue weighted by Gasteiger charge is -2.11. The van der Waals surface area contributed by atoms with Crippen LogP contribution in [0.3, 0.4) is 0 Å². The fraction of sp³-hybridized carbons (Fsp3) is 0.267. The Morgan fingerprint density at radius 3 is 2.79 bits per heavy atom. The summed E-state index contributed by atoms with van der Waals surface area (Å²) in [5.74, 6) is 0.121. The number of aromatic nitrogens is 2. The van der Waals surface area contributed by atoms with E-state index in [1.165, 1.54) is 11.8 Å². The molecule has 2 heterocycles. The standard InChI is InChI=1S/C15H19N3O/c1-5-9(2)10(3)11(4)12-6-14(19)15-13(16)7-17-18(15)8-12/h6-8,19H,4-5,16H2,1-3H3/b10-9+. The van der Waals surface area contributed by atoms with Gasteiger partial charge in [-0.15, -0.1) is 0 Å². The number of anilines is 1. The van der Waals surface area contributed by atoms with E-state index in [-0.39, 0.29) is 5.75 Å². The Kier molecular flexibility index (Phi) is 3.34. The fourth-order valence-corrected chi connectivity index (χ4v) is 2.03. The zero-order valence-electron chi connectivity index (χ0n) is 11.6. The number of aromatic hydroxyl groups is 1. The first kappa shape index (κ1) is 13.2. The molecule has 0 amide bonds. The summed E-state index contributed by atoms with van der Waals surface area (Å²) in [5.41, 5.74) is 10.9. The predicted octanol–water partition coefficient (Wildman–Crippen LogP) is 3.38. The molecular formula is C15H19N3O. The zero-order valence-corrected chi connectivity index (χ0v) is 11.6. The van der Waals surface area contributed by atoms with E-state index >= 15 is 0 Å². The highest BCUT2D eigenvalue weighted by atomic mass is 16.3. The van der Waals surface area contributed by atoms with Crippen molar-refractivity contribution in [3.8, 4) is 5.75 Å². The van der Waals surface area contributed by atoms with Crippen molar-refractivity contribution < 1.29 is 5.11 Å². The van der Waals surface area contributed by atoms with Crippen LogP contribution in [0.25, 0.3) is 11.1 Å². The van der Waals surface area contributed by atoms with E-state index in [0.29, 0.717) is 11.2 Å². The number of hydrogen-bond donors (Lipinski definition) is 2. The molecule has 19 heavy (non-hydrogen) atoms. The molecule has 2 aromatic rings. The molecule has 0 atom stereocenters. The summed E-state index contributed by atoms with van der Waals surface area (Å²) in [6.07, 6.45) is 4.34. The van der Waals surface area contributed by atoms with Gasteiger partial charge >= 0.3 is 0 Å². The average molecular weight is 257 g/mol. The van der Waals surface area contributed by atoms with Crippen LogP contribution in [-0.4, -0.2) is 14.7 Å². The predicted molar refractivity (Wildman–Crippen MR) is 79.0 cm³/mol. The highest BCUT2D eigenvalue weighted by Crippen LogP contribution is 2.31. The smallest absolute Gasteiger partial charge is 0.144 e. The van der Waals surface area contributed by atoms with Gasteiger partial charge in [0.25, 0.3) is 0 Å². The molecule has 0 aliphatic rings. The first-order chi connectivity index (χ1) is 8.95. The van der Waals surface area contributed by atoms with Crippen molar-refractivity contribution in [1.82, 2.24) is 9.61 Å². The van der Waals surface area contributed by atoms with Crippen molar-refractivity contribution in [3.63, 3.8) is 0 Å². The van der Waals surface area contributed by atoms with E-state index in [4.69, 9.17) is 5.73 Å². The minimum absolute atomic E-state index is 0.121. The number of rotatable bonds is 3. The van der Waals surface area contributed by atoms with Crippen LogP contribution >= 0.6 is 0 Å². The number of allylic oxidation sites excluding steroid dienone is 3. The Morgan fingerprint density at radius 1 is 1.47 bits per heavy atom. The summed E-state index contributed by atoms with van der Waals surface area (Å²) in [7, 11) is 0. The molecule has 0 spiro atoms. The van der Waals surface area contributed by atoms with E-state index in [0.717, 1.165) is 23.1 Å². The molecule has 0 unspecified atom stereocenters. The molecule has 0 saturated carbocycles. The summed E-state index contributed by atoms with van der Waals surface area (Å²) in [6, 6.07) is 1.68. The molecule has 0 aromatic carbocycles.